The van der Waals surface area contributed by atoms with Crippen LogP contribution in [0.3, 0.4) is 0 Å². The molecule has 1 N–H and O–H groups in total. The zero-order valence-electron chi connectivity index (χ0n) is 10.7. The Morgan fingerprint density at radius 3 is 2.44 bits per heavy atom. The molecule has 1 aromatic heterocycles. The molecule has 0 bridgehead atoms. The summed E-state index contributed by atoms with van der Waals surface area (Å²) in [6, 6.07) is 0. The average molecular weight is 224 g/mol. The molecule has 1 rings (SSSR count). The normalized spacial score (nSPS) is 14.8. The quantitative estimate of drug-likeness (QED) is 0.851. The highest BCUT2D eigenvalue weighted by atomic mass is 16.5. The maximum atomic E-state index is 11.7. The van der Waals surface area contributed by atoms with Crippen LogP contribution in [0.1, 0.15) is 44.3 Å². The van der Waals surface area contributed by atoms with Crippen molar-refractivity contribution in [3.05, 3.63) is 27.4 Å². The van der Waals surface area contributed by atoms with E-state index in [4.69, 9.17) is 4.74 Å². The SMILES string of the molecule is CCOC(C)(CC)c1nc(C)c(C)c(=O)[nH]1. The third-order valence-electron chi connectivity index (χ3n) is 3.03. The highest BCUT2D eigenvalue weighted by Gasteiger charge is 2.28. The first-order valence-corrected chi connectivity index (χ1v) is 5.66. The van der Waals surface area contributed by atoms with Crippen LogP contribution in [0.25, 0.3) is 0 Å². The van der Waals surface area contributed by atoms with Gasteiger partial charge in [0.05, 0.1) is 0 Å². The predicted octanol–water partition coefficient (Wildman–Crippen LogP) is 2.05. The van der Waals surface area contributed by atoms with Crippen LogP contribution in [0.4, 0.5) is 0 Å². The van der Waals surface area contributed by atoms with Crippen LogP contribution in [0.15, 0.2) is 4.79 Å². The molecule has 0 amide bonds. The maximum absolute atomic E-state index is 11.7. The molecule has 4 heteroatoms. The molecule has 1 unspecified atom stereocenters. The first-order chi connectivity index (χ1) is 7.44. The highest BCUT2D eigenvalue weighted by molar-refractivity contribution is 5.16. The first kappa shape index (κ1) is 12.9. The molecule has 0 radical (unpaired) electrons. The first-order valence-electron chi connectivity index (χ1n) is 5.66. The van der Waals surface area contributed by atoms with Crippen molar-refractivity contribution in [1.82, 2.24) is 9.97 Å². The van der Waals surface area contributed by atoms with E-state index in [9.17, 15) is 4.79 Å². The summed E-state index contributed by atoms with van der Waals surface area (Å²) < 4.78 is 5.68. The van der Waals surface area contributed by atoms with Crippen molar-refractivity contribution in [3.63, 3.8) is 0 Å². The number of aromatic amines is 1. The molecule has 16 heavy (non-hydrogen) atoms. The van der Waals surface area contributed by atoms with Crippen molar-refractivity contribution in [1.29, 1.82) is 0 Å². The van der Waals surface area contributed by atoms with Gasteiger partial charge >= 0.3 is 0 Å². The second-order valence-electron chi connectivity index (χ2n) is 4.14. The standard InChI is InChI=1S/C12H20N2O2/c1-6-12(5,16-7-2)11-13-9(4)8(3)10(15)14-11/h6-7H2,1-5H3,(H,13,14,15). The van der Waals surface area contributed by atoms with E-state index < -0.39 is 5.60 Å². The summed E-state index contributed by atoms with van der Waals surface area (Å²) in [5.41, 5.74) is 0.838. The molecule has 0 aromatic carbocycles. The number of rotatable bonds is 4. The van der Waals surface area contributed by atoms with Crippen molar-refractivity contribution in [2.45, 2.75) is 46.6 Å². The fourth-order valence-electron chi connectivity index (χ4n) is 1.55. The Labute approximate surface area is 96.1 Å². The van der Waals surface area contributed by atoms with Crippen LogP contribution in [0.5, 0.6) is 0 Å². The van der Waals surface area contributed by atoms with Gasteiger partial charge in [-0.15, -0.1) is 0 Å². The Hall–Kier alpha value is -1.16. The van der Waals surface area contributed by atoms with E-state index in [1.54, 1.807) is 6.92 Å². The lowest BCUT2D eigenvalue weighted by Crippen LogP contribution is -2.31. The number of aromatic nitrogens is 2. The molecular weight excluding hydrogens is 204 g/mol. The van der Waals surface area contributed by atoms with Gasteiger partial charge in [0.1, 0.15) is 11.4 Å². The van der Waals surface area contributed by atoms with Gasteiger partial charge in [0.15, 0.2) is 0 Å². The molecule has 0 saturated heterocycles. The average Bonchev–Trinajstić information content (AvgIpc) is 2.25. The van der Waals surface area contributed by atoms with Gasteiger partial charge in [-0.2, -0.15) is 0 Å². The predicted molar refractivity (Wildman–Crippen MR) is 63.6 cm³/mol. The Morgan fingerprint density at radius 1 is 1.38 bits per heavy atom. The lowest BCUT2D eigenvalue weighted by Gasteiger charge is -2.27. The topological polar surface area (TPSA) is 55.0 Å². The Morgan fingerprint density at radius 2 is 2.00 bits per heavy atom. The van der Waals surface area contributed by atoms with Crippen LogP contribution in [0.2, 0.25) is 0 Å². The third kappa shape index (κ3) is 2.32. The molecule has 1 heterocycles. The number of hydrogen-bond acceptors (Lipinski definition) is 3. The molecule has 90 valence electrons. The lowest BCUT2D eigenvalue weighted by molar-refractivity contribution is -0.0393. The smallest absolute Gasteiger partial charge is 0.254 e. The minimum Gasteiger partial charge on any atom is -0.368 e. The Kier molecular flexibility index (Phi) is 3.86. The molecule has 0 spiro atoms. The Bertz CT molecular complexity index is 426. The van der Waals surface area contributed by atoms with Gasteiger partial charge < -0.3 is 9.72 Å². The molecule has 4 nitrogen and oxygen atoms in total. The summed E-state index contributed by atoms with van der Waals surface area (Å²) in [5.74, 6) is 0.616. The number of hydrogen-bond donors (Lipinski definition) is 1. The largest absolute Gasteiger partial charge is 0.368 e. The monoisotopic (exact) mass is 224 g/mol. The summed E-state index contributed by atoms with van der Waals surface area (Å²) in [6.07, 6.45) is 0.770. The van der Waals surface area contributed by atoms with Crippen LogP contribution in [-0.2, 0) is 10.3 Å². The van der Waals surface area contributed by atoms with Crippen molar-refractivity contribution >= 4 is 0 Å². The summed E-state index contributed by atoms with van der Waals surface area (Å²) in [5, 5.41) is 0. The summed E-state index contributed by atoms with van der Waals surface area (Å²) in [7, 11) is 0. The summed E-state index contributed by atoms with van der Waals surface area (Å²) in [4.78, 5) is 18.9. The molecule has 0 saturated carbocycles. The molecular formula is C12H20N2O2. The number of nitrogens with zero attached hydrogens (tertiary/aromatic N) is 1. The fraction of sp³-hybridized carbons (Fsp3) is 0.667. The number of aryl methyl sites for hydroxylation is 1. The van der Waals surface area contributed by atoms with E-state index in [-0.39, 0.29) is 5.56 Å². The second kappa shape index (κ2) is 4.78. The fourth-order valence-corrected chi connectivity index (χ4v) is 1.55. The molecule has 0 aliphatic carbocycles. The van der Waals surface area contributed by atoms with Gasteiger partial charge in [0, 0.05) is 17.9 Å². The van der Waals surface area contributed by atoms with Gasteiger partial charge in [-0.1, -0.05) is 6.92 Å². The van der Waals surface area contributed by atoms with E-state index in [0.29, 0.717) is 18.0 Å². The molecule has 0 aliphatic rings. The minimum absolute atomic E-state index is 0.0816. The zero-order chi connectivity index (χ0) is 12.3. The van der Waals surface area contributed by atoms with Crippen LogP contribution in [0, 0.1) is 13.8 Å². The summed E-state index contributed by atoms with van der Waals surface area (Å²) in [6.45, 7) is 10.1. The van der Waals surface area contributed by atoms with Gasteiger partial charge in [0.2, 0.25) is 0 Å². The summed E-state index contributed by atoms with van der Waals surface area (Å²) >= 11 is 0. The molecule has 0 fully saturated rings. The van der Waals surface area contributed by atoms with Crippen molar-refractivity contribution in [2.24, 2.45) is 0 Å². The molecule has 1 aromatic rings. The van der Waals surface area contributed by atoms with Gasteiger partial charge in [-0.3, -0.25) is 4.79 Å². The number of nitrogens with one attached hydrogen (secondary N) is 1. The van der Waals surface area contributed by atoms with Crippen molar-refractivity contribution < 1.29 is 4.74 Å². The van der Waals surface area contributed by atoms with Crippen molar-refractivity contribution in [3.8, 4) is 0 Å². The van der Waals surface area contributed by atoms with Crippen LogP contribution < -0.4 is 5.56 Å². The molecule has 1 atom stereocenters. The number of H-pyrrole nitrogens is 1. The number of ether oxygens (including phenoxy) is 1. The van der Waals surface area contributed by atoms with Gasteiger partial charge in [-0.05, 0) is 34.1 Å². The van der Waals surface area contributed by atoms with Crippen LogP contribution in [-0.4, -0.2) is 16.6 Å². The lowest BCUT2D eigenvalue weighted by atomic mass is 10.0. The zero-order valence-corrected chi connectivity index (χ0v) is 10.7. The van der Waals surface area contributed by atoms with Crippen LogP contribution >= 0.6 is 0 Å². The van der Waals surface area contributed by atoms with E-state index in [0.717, 1.165) is 12.1 Å². The van der Waals surface area contributed by atoms with Gasteiger partial charge in [0.25, 0.3) is 5.56 Å². The van der Waals surface area contributed by atoms with E-state index in [2.05, 4.69) is 9.97 Å². The van der Waals surface area contributed by atoms with E-state index in [1.807, 2.05) is 27.7 Å². The van der Waals surface area contributed by atoms with Gasteiger partial charge in [-0.25, -0.2) is 4.98 Å². The third-order valence-corrected chi connectivity index (χ3v) is 3.03. The van der Waals surface area contributed by atoms with E-state index in [1.165, 1.54) is 0 Å². The second-order valence-corrected chi connectivity index (χ2v) is 4.14. The highest BCUT2D eigenvalue weighted by Crippen LogP contribution is 2.25. The minimum atomic E-state index is -0.508. The van der Waals surface area contributed by atoms with E-state index >= 15 is 0 Å². The Balaban J connectivity index is 3.27. The maximum Gasteiger partial charge on any atom is 0.254 e. The van der Waals surface area contributed by atoms with Crippen molar-refractivity contribution in [2.75, 3.05) is 6.61 Å². The molecule has 0 aliphatic heterocycles.